The average Bonchev–Trinajstić information content (AvgIpc) is 2.06. The Balaban J connectivity index is 2.27. The van der Waals surface area contributed by atoms with Gasteiger partial charge in [0.2, 0.25) is 0 Å². The van der Waals surface area contributed by atoms with E-state index in [4.69, 9.17) is 4.74 Å². The highest BCUT2D eigenvalue weighted by Crippen LogP contribution is 2.15. The van der Waals surface area contributed by atoms with Crippen molar-refractivity contribution < 1.29 is 9.38 Å². The molecule has 0 radical (unpaired) electrons. The van der Waals surface area contributed by atoms with Crippen LogP contribution in [0.4, 0.5) is 0 Å². The Labute approximate surface area is 73.8 Å². The first kappa shape index (κ1) is 9.71. The number of ether oxygens (including phenoxy) is 1. The third-order valence-corrected chi connectivity index (χ3v) is 2.17. The summed E-state index contributed by atoms with van der Waals surface area (Å²) in [5.74, 6) is 0. The molecule has 0 N–H and O–H groups in total. The van der Waals surface area contributed by atoms with Crippen LogP contribution in [-0.2, 0) is 4.74 Å². The van der Waals surface area contributed by atoms with E-state index in [9.17, 15) is 5.21 Å². The van der Waals surface area contributed by atoms with Gasteiger partial charge < -0.3 is 14.6 Å². The minimum atomic E-state index is -0.149. The monoisotopic (exact) mass is 171 g/mol. The first-order valence-electron chi connectivity index (χ1n) is 4.51. The molecule has 0 aliphatic carbocycles. The van der Waals surface area contributed by atoms with Crippen LogP contribution in [0.3, 0.4) is 0 Å². The fourth-order valence-electron chi connectivity index (χ4n) is 1.48. The Morgan fingerprint density at radius 3 is 3.00 bits per heavy atom. The number of quaternary nitrogens is 1. The van der Waals surface area contributed by atoms with Gasteiger partial charge in [0.05, 0.1) is 25.9 Å². The Bertz CT molecular complexity index is 159. The van der Waals surface area contributed by atoms with Crippen LogP contribution in [0.5, 0.6) is 0 Å². The molecule has 0 fully saturated rings. The molecule has 0 aromatic rings. The highest BCUT2D eigenvalue weighted by Gasteiger charge is 2.15. The van der Waals surface area contributed by atoms with Gasteiger partial charge in [0, 0.05) is 20.0 Å². The van der Waals surface area contributed by atoms with Gasteiger partial charge in [0.1, 0.15) is 0 Å². The maximum Gasteiger partial charge on any atom is 0.0918 e. The van der Waals surface area contributed by atoms with Crippen molar-refractivity contribution in [1.29, 1.82) is 0 Å². The van der Waals surface area contributed by atoms with Crippen LogP contribution in [0.2, 0.25) is 0 Å². The zero-order chi connectivity index (χ0) is 8.86. The van der Waals surface area contributed by atoms with Crippen molar-refractivity contribution in [3.63, 3.8) is 0 Å². The SMILES string of the molecule is COCCC[N+]1([O-])C=CCCC1. The number of hydrogen-bond donors (Lipinski definition) is 0. The Hall–Kier alpha value is -0.380. The first-order valence-corrected chi connectivity index (χ1v) is 4.51. The van der Waals surface area contributed by atoms with E-state index in [1.807, 2.05) is 6.08 Å². The lowest BCUT2D eigenvalue weighted by atomic mass is 10.2. The summed E-state index contributed by atoms with van der Waals surface area (Å²) in [5, 5.41) is 11.8. The summed E-state index contributed by atoms with van der Waals surface area (Å²) in [7, 11) is 1.67. The van der Waals surface area contributed by atoms with Gasteiger partial charge in [-0.05, 0) is 12.5 Å². The van der Waals surface area contributed by atoms with E-state index in [1.54, 1.807) is 13.3 Å². The summed E-state index contributed by atoms with van der Waals surface area (Å²) in [6.45, 7) is 2.08. The van der Waals surface area contributed by atoms with Gasteiger partial charge in [0.15, 0.2) is 0 Å². The summed E-state index contributed by atoms with van der Waals surface area (Å²) in [6.07, 6.45) is 6.70. The van der Waals surface area contributed by atoms with E-state index >= 15 is 0 Å². The minimum absolute atomic E-state index is 0.149. The number of rotatable bonds is 4. The van der Waals surface area contributed by atoms with E-state index in [2.05, 4.69) is 0 Å². The Kier molecular flexibility index (Phi) is 3.72. The third-order valence-electron chi connectivity index (χ3n) is 2.17. The molecule has 1 unspecified atom stereocenters. The molecule has 0 aromatic carbocycles. The third kappa shape index (κ3) is 2.93. The normalized spacial score (nSPS) is 29.2. The molecule has 1 heterocycles. The standard InChI is InChI=1S/C9H17NO2/c1-12-9-5-8-10(11)6-3-2-4-7-10/h3,6H,2,4-5,7-9H2,1H3. The molecule has 1 aliphatic rings. The average molecular weight is 171 g/mol. The summed E-state index contributed by atoms with van der Waals surface area (Å²) in [4.78, 5) is 0. The molecule has 70 valence electrons. The lowest BCUT2D eigenvalue weighted by Crippen LogP contribution is -2.40. The fraction of sp³-hybridized carbons (Fsp3) is 0.778. The molecule has 3 nitrogen and oxygen atoms in total. The summed E-state index contributed by atoms with van der Waals surface area (Å²) in [5.41, 5.74) is 0. The van der Waals surface area contributed by atoms with Crippen molar-refractivity contribution >= 4 is 0 Å². The number of methoxy groups -OCH3 is 1. The quantitative estimate of drug-likeness (QED) is 0.366. The molecule has 0 aromatic heterocycles. The van der Waals surface area contributed by atoms with Gasteiger partial charge in [-0.2, -0.15) is 0 Å². The fourth-order valence-corrected chi connectivity index (χ4v) is 1.48. The minimum Gasteiger partial charge on any atom is -0.628 e. The molecule has 0 bridgehead atoms. The van der Waals surface area contributed by atoms with Crippen molar-refractivity contribution in [2.45, 2.75) is 19.3 Å². The number of nitrogens with zero attached hydrogens (tertiary/aromatic N) is 1. The van der Waals surface area contributed by atoms with Crippen LogP contribution >= 0.6 is 0 Å². The van der Waals surface area contributed by atoms with Crippen LogP contribution < -0.4 is 0 Å². The predicted molar refractivity (Wildman–Crippen MR) is 48.2 cm³/mol. The second-order valence-corrected chi connectivity index (χ2v) is 3.27. The van der Waals surface area contributed by atoms with Crippen molar-refractivity contribution in [2.24, 2.45) is 0 Å². The molecular weight excluding hydrogens is 154 g/mol. The predicted octanol–water partition coefficient (Wildman–Crippen LogP) is 1.65. The van der Waals surface area contributed by atoms with E-state index < -0.39 is 0 Å². The van der Waals surface area contributed by atoms with Gasteiger partial charge >= 0.3 is 0 Å². The molecule has 1 aliphatic heterocycles. The molecular formula is C9H17NO2. The molecule has 12 heavy (non-hydrogen) atoms. The van der Waals surface area contributed by atoms with E-state index in [1.165, 1.54) is 0 Å². The van der Waals surface area contributed by atoms with Gasteiger partial charge in [-0.25, -0.2) is 0 Å². The summed E-state index contributed by atoms with van der Waals surface area (Å²) >= 11 is 0. The van der Waals surface area contributed by atoms with Crippen LogP contribution in [-0.4, -0.2) is 31.5 Å². The zero-order valence-corrected chi connectivity index (χ0v) is 7.66. The highest BCUT2D eigenvalue weighted by molar-refractivity contribution is 4.79. The Morgan fingerprint density at radius 1 is 1.58 bits per heavy atom. The molecule has 0 amide bonds. The van der Waals surface area contributed by atoms with Gasteiger partial charge in [0.25, 0.3) is 0 Å². The highest BCUT2D eigenvalue weighted by atomic mass is 16.5. The Morgan fingerprint density at radius 2 is 2.42 bits per heavy atom. The molecule has 0 saturated carbocycles. The molecule has 1 rings (SSSR count). The maximum absolute atomic E-state index is 11.8. The van der Waals surface area contributed by atoms with Crippen LogP contribution in [0.15, 0.2) is 12.3 Å². The smallest absolute Gasteiger partial charge is 0.0918 e. The maximum atomic E-state index is 11.8. The van der Waals surface area contributed by atoms with Gasteiger partial charge in [-0.3, -0.25) is 0 Å². The van der Waals surface area contributed by atoms with Crippen molar-refractivity contribution in [2.75, 3.05) is 26.8 Å². The van der Waals surface area contributed by atoms with E-state index in [0.29, 0.717) is 13.2 Å². The van der Waals surface area contributed by atoms with E-state index in [0.717, 1.165) is 25.8 Å². The molecule has 1 atom stereocenters. The van der Waals surface area contributed by atoms with Gasteiger partial charge in [-0.15, -0.1) is 0 Å². The largest absolute Gasteiger partial charge is 0.628 e. The van der Waals surface area contributed by atoms with Crippen LogP contribution in [0.25, 0.3) is 0 Å². The summed E-state index contributed by atoms with van der Waals surface area (Å²) in [6, 6.07) is 0. The second kappa shape index (κ2) is 4.60. The zero-order valence-electron chi connectivity index (χ0n) is 7.66. The number of hydrogen-bond acceptors (Lipinski definition) is 2. The van der Waals surface area contributed by atoms with Crippen molar-refractivity contribution in [3.8, 4) is 0 Å². The molecule has 3 heteroatoms. The second-order valence-electron chi connectivity index (χ2n) is 3.27. The van der Waals surface area contributed by atoms with E-state index in [-0.39, 0.29) is 4.65 Å². The van der Waals surface area contributed by atoms with Crippen molar-refractivity contribution in [1.82, 2.24) is 0 Å². The van der Waals surface area contributed by atoms with Gasteiger partial charge in [-0.1, -0.05) is 0 Å². The first-order chi connectivity index (χ1) is 5.77. The lowest BCUT2D eigenvalue weighted by Gasteiger charge is -2.40. The van der Waals surface area contributed by atoms with Crippen molar-refractivity contribution in [3.05, 3.63) is 17.5 Å². The molecule has 0 spiro atoms. The molecule has 0 saturated heterocycles. The number of hydroxylamine groups is 3. The number of allylic oxidation sites excluding steroid dienone is 1. The van der Waals surface area contributed by atoms with Crippen LogP contribution in [0.1, 0.15) is 19.3 Å². The summed E-state index contributed by atoms with van der Waals surface area (Å²) < 4.78 is 4.76. The topological polar surface area (TPSA) is 32.3 Å². The van der Waals surface area contributed by atoms with Crippen LogP contribution in [0, 0.1) is 5.21 Å². The lowest BCUT2D eigenvalue weighted by molar-refractivity contribution is -0.831.